The molecule has 0 radical (unpaired) electrons. The Kier molecular flexibility index (Phi) is 4.64. The molecule has 1 unspecified atom stereocenters. The molecule has 2 aromatic heterocycles. The summed E-state index contributed by atoms with van der Waals surface area (Å²) in [5.74, 6) is 1.09. The van der Waals surface area contributed by atoms with E-state index in [1.165, 1.54) is 16.8 Å². The third-order valence-corrected chi connectivity index (χ3v) is 5.39. The molecule has 1 aliphatic heterocycles. The van der Waals surface area contributed by atoms with Gasteiger partial charge >= 0.3 is 0 Å². The first-order valence-corrected chi connectivity index (χ1v) is 9.50. The predicted octanol–water partition coefficient (Wildman–Crippen LogP) is 3.83. The highest BCUT2D eigenvalue weighted by Crippen LogP contribution is 2.30. The van der Waals surface area contributed by atoms with Crippen LogP contribution in [0.15, 0.2) is 42.7 Å². The molecule has 136 valence electrons. The Morgan fingerprint density at radius 3 is 2.69 bits per heavy atom. The van der Waals surface area contributed by atoms with Crippen LogP contribution < -0.4 is 0 Å². The number of hydrogen-bond acceptors (Lipinski definition) is 3. The van der Waals surface area contributed by atoms with Crippen molar-refractivity contribution in [1.29, 1.82) is 0 Å². The van der Waals surface area contributed by atoms with Crippen molar-refractivity contribution in [3.05, 3.63) is 59.7 Å². The van der Waals surface area contributed by atoms with Crippen molar-refractivity contribution in [2.75, 3.05) is 13.1 Å². The van der Waals surface area contributed by atoms with E-state index in [9.17, 15) is 0 Å². The number of aromatic nitrogens is 4. The Morgan fingerprint density at radius 1 is 1.15 bits per heavy atom. The second-order valence-electron chi connectivity index (χ2n) is 7.23. The van der Waals surface area contributed by atoms with E-state index in [0.29, 0.717) is 6.04 Å². The first-order chi connectivity index (χ1) is 12.7. The normalized spacial score (nSPS) is 17.9. The third kappa shape index (κ3) is 3.19. The third-order valence-electron chi connectivity index (χ3n) is 5.39. The van der Waals surface area contributed by atoms with Crippen LogP contribution in [0.25, 0.3) is 11.4 Å². The molecule has 5 heteroatoms. The van der Waals surface area contributed by atoms with Crippen LogP contribution in [-0.4, -0.2) is 37.3 Å². The van der Waals surface area contributed by atoms with E-state index in [1.807, 2.05) is 10.9 Å². The second-order valence-corrected chi connectivity index (χ2v) is 7.23. The first kappa shape index (κ1) is 17.0. The van der Waals surface area contributed by atoms with E-state index in [1.54, 1.807) is 0 Å². The fraction of sp³-hybridized carbons (Fsp3) is 0.429. The standard InChI is InChI=1S/C21H27N5/c1-4-25-14-19(17(3)23-25)13-24-11-10-20(15-24)26-16(2)12-22-21(26)18-8-6-5-7-9-18/h5-9,12,14,20H,4,10-11,13,15H2,1-3H3. The molecule has 1 fully saturated rings. The fourth-order valence-corrected chi connectivity index (χ4v) is 3.99. The minimum atomic E-state index is 0.481. The molecule has 26 heavy (non-hydrogen) atoms. The highest BCUT2D eigenvalue weighted by atomic mass is 15.3. The molecular formula is C21H27N5. The molecule has 0 bridgehead atoms. The summed E-state index contributed by atoms with van der Waals surface area (Å²) in [6.07, 6.45) is 5.36. The van der Waals surface area contributed by atoms with Crippen molar-refractivity contribution in [2.45, 2.75) is 46.3 Å². The van der Waals surface area contributed by atoms with E-state index in [0.717, 1.165) is 44.1 Å². The molecule has 0 saturated carbocycles. The van der Waals surface area contributed by atoms with Crippen molar-refractivity contribution < 1.29 is 0 Å². The number of nitrogens with zero attached hydrogens (tertiary/aromatic N) is 5. The molecule has 3 heterocycles. The van der Waals surface area contributed by atoms with Gasteiger partial charge in [0.2, 0.25) is 0 Å². The van der Waals surface area contributed by atoms with Gasteiger partial charge in [0, 0.05) is 61.4 Å². The summed E-state index contributed by atoms with van der Waals surface area (Å²) in [5.41, 5.74) is 4.93. The van der Waals surface area contributed by atoms with Crippen molar-refractivity contribution in [3.8, 4) is 11.4 Å². The zero-order valence-corrected chi connectivity index (χ0v) is 15.9. The Balaban J connectivity index is 1.52. The molecule has 1 aliphatic rings. The zero-order valence-electron chi connectivity index (χ0n) is 15.9. The number of hydrogen-bond donors (Lipinski definition) is 0. The SMILES string of the molecule is CCn1cc(CN2CCC(n3c(C)cnc3-c3ccccc3)C2)c(C)n1. The van der Waals surface area contributed by atoms with Gasteiger partial charge in [-0.05, 0) is 27.2 Å². The first-order valence-electron chi connectivity index (χ1n) is 9.50. The smallest absolute Gasteiger partial charge is 0.140 e. The van der Waals surface area contributed by atoms with Gasteiger partial charge in [-0.2, -0.15) is 5.10 Å². The number of imidazole rings is 1. The number of likely N-dealkylation sites (tertiary alicyclic amines) is 1. The van der Waals surface area contributed by atoms with Gasteiger partial charge in [0.05, 0.1) is 5.69 Å². The highest BCUT2D eigenvalue weighted by molar-refractivity contribution is 5.56. The molecule has 1 aromatic carbocycles. The topological polar surface area (TPSA) is 38.9 Å². The second kappa shape index (κ2) is 7.08. The molecule has 3 aromatic rings. The number of rotatable bonds is 5. The molecule has 0 spiro atoms. The average molecular weight is 349 g/mol. The predicted molar refractivity (Wildman–Crippen MR) is 104 cm³/mol. The lowest BCUT2D eigenvalue weighted by Crippen LogP contribution is -2.22. The van der Waals surface area contributed by atoms with Gasteiger partial charge in [0.15, 0.2) is 0 Å². The van der Waals surface area contributed by atoms with Crippen LogP contribution in [-0.2, 0) is 13.1 Å². The van der Waals surface area contributed by atoms with Gasteiger partial charge in [-0.1, -0.05) is 30.3 Å². The van der Waals surface area contributed by atoms with Crippen molar-refractivity contribution in [3.63, 3.8) is 0 Å². The number of benzene rings is 1. The number of aryl methyl sites for hydroxylation is 3. The Morgan fingerprint density at radius 2 is 1.96 bits per heavy atom. The van der Waals surface area contributed by atoms with E-state index in [-0.39, 0.29) is 0 Å². The monoisotopic (exact) mass is 349 g/mol. The van der Waals surface area contributed by atoms with Crippen molar-refractivity contribution >= 4 is 0 Å². The van der Waals surface area contributed by atoms with Crippen molar-refractivity contribution in [1.82, 2.24) is 24.2 Å². The maximum Gasteiger partial charge on any atom is 0.140 e. The van der Waals surface area contributed by atoms with E-state index < -0.39 is 0 Å². The Labute approximate surface area is 155 Å². The summed E-state index contributed by atoms with van der Waals surface area (Å²) in [4.78, 5) is 7.24. The van der Waals surface area contributed by atoms with Gasteiger partial charge in [-0.15, -0.1) is 0 Å². The van der Waals surface area contributed by atoms with Crippen LogP contribution in [0.4, 0.5) is 0 Å². The minimum absolute atomic E-state index is 0.481. The van der Waals surface area contributed by atoms with Crippen LogP contribution in [0.5, 0.6) is 0 Å². The molecule has 1 saturated heterocycles. The van der Waals surface area contributed by atoms with E-state index in [4.69, 9.17) is 4.98 Å². The fourth-order valence-electron chi connectivity index (χ4n) is 3.99. The zero-order chi connectivity index (χ0) is 18.1. The molecule has 5 nitrogen and oxygen atoms in total. The molecule has 0 aliphatic carbocycles. The molecule has 1 atom stereocenters. The summed E-state index contributed by atoms with van der Waals surface area (Å²) in [7, 11) is 0. The van der Waals surface area contributed by atoms with Gasteiger partial charge in [0.1, 0.15) is 5.82 Å². The Bertz CT molecular complexity index is 877. The quantitative estimate of drug-likeness (QED) is 0.703. The summed E-state index contributed by atoms with van der Waals surface area (Å²) in [6.45, 7) is 10.5. The van der Waals surface area contributed by atoms with E-state index >= 15 is 0 Å². The van der Waals surface area contributed by atoms with Crippen molar-refractivity contribution in [2.24, 2.45) is 0 Å². The lowest BCUT2D eigenvalue weighted by molar-refractivity contribution is 0.315. The van der Waals surface area contributed by atoms with Gasteiger partial charge in [0.25, 0.3) is 0 Å². The minimum Gasteiger partial charge on any atom is -0.324 e. The van der Waals surface area contributed by atoms with Crippen LogP contribution in [0.3, 0.4) is 0 Å². The molecule has 0 N–H and O–H groups in total. The van der Waals surface area contributed by atoms with Gasteiger partial charge in [-0.3, -0.25) is 9.58 Å². The summed E-state index contributed by atoms with van der Waals surface area (Å²) in [6, 6.07) is 11.0. The summed E-state index contributed by atoms with van der Waals surface area (Å²) in [5, 5.41) is 4.58. The summed E-state index contributed by atoms with van der Waals surface area (Å²) < 4.78 is 4.46. The average Bonchev–Trinajstić information content (AvgIpc) is 3.35. The van der Waals surface area contributed by atoms with Crippen LogP contribution >= 0.6 is 0 Å². The van der Waals surface area contributed by atoms with Crippen LogP contribution in [0.1, 0.15) is 36.3 Å². The Hall–Kier alpha value is -2.40. The van der Waals surface area contributed by atoms with Crippen LogP contribution in [0, 0.1) is 13.8 Å². The lowest BCUT2D eigenvalue weighted by Gasteiger charge is -2.19. The van der Waals surface area contributed by atoms with Gasteiger partial charge < -0.3 is 4.57 Å². The maximum absolute atomic E-state index is 4.70. The van der Waals surface area contributed by atoms with E-state index in [2.05, 4.69) is 71.9 Å². The largest absolute Gasteiger partial charge is 0.324 e. The molecule has 0 amide bonds. The summed E-state index contributed by atoms with van der Waals surface area (Å²) >= 11 is 0. The lowest BCUT2D eigenvalue weighted by atomic mass is 10.2. The molecule has 4 rings (SSSR count). The maximum atomic E-state index is 4.70. The highest BCUT2D eigenvalue weighted by Gasteiger charge is 2.27. The van der Waals surface area contributed by atoms with Crippen LogP contribution in [0.2, 0.25) is 0 Å². The van der Waals surface area contributed by atoms with Gasteiger partial charge in [-0.25, -0.2) is 4.98 Å². The molecular weight excluding hydrogens is 322 g/mol.